The fraction of sp³-hybridized carbons (Fsp3) is 0.231. The van der Waals surface area contributed by atoms with Gasteiger partial charge in [0.05, 0.1) is 10.6 Å². The van der Waals surface area contributed by atoms with Crippen molar-refractivity contribution >= 4 is 22.4 Å². The molecule has 0 bridgehead atoms. The molecule has 0 spiro atoms. The second-order valence-corrected chi connectivity index (χ2v) is 6.02. The molecule has 0 amide bonds. The molecule has 0 aromatic carbocycles. The molecule has 3 rings (SSSR count). The van der Waals surface area contributed by atoms with E-state index in [1.54, 1.807) is 0 Å². The minimum Gasteiger partial charge on any atom is -0.304 e. The maximum absolute atomic E-state index is 12.4. The van der Waals surface area contributed by atoms with E-state index in [2.05, 4.69) is 9.97 Å². The Morgan fingerprint density at radius 2 is 1.86 bits per heavy atom. The predicted molar refractivity (Wildman–Crippen MR) is 80.9 cm³/mol. The molecule has 0 radical (unpaired) electrons. The van der Waals surface area contributed by atoms with Gasteiger partial charge in [0.1, 0.15) is 5.39 Å². The van der Waals surface area contributed by atoms with Crippen molar-refractivity contribution in [2.45, 2.75) is 6.92 Å². The fourth-order valence-electron chi connectivity index (χ4n) is 2.23. The molecule has 3 aromatic rings. The minimum atomic E-state index is -0.591. The molecule has 0 unspecified atom stereocenters. The van der Waals surface area contributed by atoms with Crippen molar-refractivity contribution in [3.05, 3.63) is 48.3 Å². The molecule has 8 heteroatoms. The van der Waals surface area contributed by atoms with E-state index in [4.69, 9.17) is 0 Å². The second kappa shape index (κ2) is 4.52. The van der Waals surface area contributed by atoms with Gasteiger partial charge in [0, 0.05) is 19.0 Å². The summed E-state index contributed by atoms with van der Waals surface area (Å²) in [7, 11) is 2.89. The molecule has 7 nitrogen and oxygen atoms in total. The quantitative estimate of drug-likeness (QED) is 0.703. The van der Waals surface area contributed by atoms with Crippen LogP contribution in [0.15, 0.2) is 26.5 Å². The Bertz CT molecular complexity index is 1040. The lowest BCUT2D eigenvalue weighted by molar-refractivity contribution is 0.705. The first kappa shape index (κ1) is 13.5. The molecule has 108 valence electrons. The van der Waals surface area contributed by atoms with E-state index in [1.165, 1.54) is 30.0 Å². The maximum atomic E-state index is 12.4. The van der Waals surface area contributed by atoms with Gasteiger partial charge < -0.3 is 4.98 Å². The van der Waals surface area contributed by atoms with E-state index >= 15 is 0 Å². The summed E-state index contributed by atoms with van der Waals surface area (Å²) in [5, 5.41) is 0.237. The Kier molecular flexibility index (Phi) is 2.91. The van der Waals surface area contributed by atoms with Crippen molar-refractivity contribution in [1.82, 2.24) is 19.1 Å². The van der Waals surface area contributed by atoms with Gasteiger partial charge in [-0.05, 0) is 19.1 Å². The smallest absolute Gasteiger partial charge is 0.304 e. The average Bonchev–Trinajstić information content (AvgIpc) is 2.88. The molecule has 3 aromatic heterocycles. The molecule has 0 saturated heterocycles. The third-order valence-corrected chi connectivity index (χ3v) is 4.33. The molecule has 0 aliphatic carbocycles. The lowest BCUT2D eigenvalue weighted by Gasteiger charge is -2.08. The summed E-state index contributed by atoms with van der Waals surface area (Å²) in [4.78, 5) is 44.3. The molecule has 21 heavy (non-hydrogen) atoms. The average molecular weight is 304 g/mol. The summed E-state index contributed by atoms with van der Waals surface area (Å²) in [5.41, 5.74) is -1.09. The largest absolute Gasteiger partial charge is 0.347 e. The number of thiophene rings is 1. The van der Waals surface area contributed by atoms with E-state index in [0.717, 1.165) is 14.3 Å². The van der Waals surface area contributed by atoms with Crippen molar-refractivity contribution in [2.24, 2.45) is 14.1 Å². The monoisotopic (exact) mass is 304 g/mol. The van der Waals surface area contributed by atoms with Crippen LogP contribution < -0.4 is 16.9 Å². The second-order valence-electron chi connectivity index (χ2n) is 4.73. The Balaban J connectivity index is 2.61. The summed E-state index contributed by atoms with van der Waals surface area (Å²) in [6.45, 7) is 1.93. The highest BCUT2D eigenvalue weighted by Crippen LogP contribution is 2.28. The molecule has 3 heterocycles. The van der Waals surface area contributed by atoms with Crippen LogP contribution in [-0.2, 0) is 14.1 Å². The number of hydrogen-bond acceptors (Lipinski definition) is 5. The van der Waals surface area contributed by atoms with Crippen molar-refractivity contribution in [1.29, 1.82) is 0 Å². The zero-order chi connectivity index (χ0) is 15.3. The van der Waals surface area contributed by atoms with Gasteiger partial charge in [0.15, 0.2) is 5.65 Å². The Morgan fingerprint density at radius 1 is 1.14 bits per heavy atom. The Labute approximate surface area is 122 Å². The number of aromatic amines is 1. The minimum absolute atomic E-state index is 0.0907. The number of aryl methyl sites for hydroxylation is 2. The summed E-state index contributed by atoms with van der Waals surface area (Å²) < 4.78 is 2.21. The van der Waals surface area contributed by atoms with Crippen molar-refractivity contribution in [2.75, 3.05) is 0 Å². The number of hydrogen-bond donors (Lipinski definition) is 1. The highest BCUT2D eigenvalue weighted by molar-refractivity contribution is 7.15. The summed E-state index contributed by atoms with van der Waals surface area (Å²) in [5.74, 6) is 0. The summed E-state index contributed by atoms with van der Waals surface area (Å²) in [6.07, 6.45) is 0. The molecule has 0 atom stereocenters. The highest BCUT2D eigenvalue weighted by Gasteiger charge is 2.17. The highest BCUT2D eigenvalue weighted by atomic mass is 32.1. The van der Waals surface area contributed by atoms with Crippen molar-refractivity contribution < 1.29 is 0 Å². The molecule has 0 aliphatic rings. The zero-order valence-electron chi connectivity index (χ0n) is 11.6. The number of nitrogens with zero attached hydrogens (tertiary/aromatic N) is 3. The number of nitrogens with one attached hydrogen (secondary N) is 1. The van der Waals surface area contributed by atoms with Crippen molar-refractivity contribution in [3.8, 4) is 10.6 Å². The van der Waals surface area contributed by atoms with E-state index < -0.39 is 16.9 Å². The van der Waals surface area contributed by atoms with Gasteiger partial charge in [-0.3, -0.25) is 13.9 Å². The van der Waals surface area contributed by atoms with E-state index in [0.29, 0.717) is 5.69 Å². The van der Waals surface area contributed by atoms with Crippen LogP contribution in [0, 0.1) is 6.92 Å². The lowest BCUT2D eigenvalue weighted by Crippen LogP contribution is -2.38. The van der Waals surface area contributed by atoms with Crippen LogP contribution in [-0.4, -0.2) is 19.1 Å². The normalized spacial score (nSPS) is 11.2. The lowest BCUT2D eigenvalue weighted by atomic mass is 10.2. The first-order valence-electron chi connectivity index (χ1n) is 6.17. The molecular weight excluding hydrogens is 292 g/mol. The number of fused-ring (bicyclic) bond motifs is 1. The molecule has 0 fully saturated rings. The van der Waals surface area contributed by atoms with Crippen LogP contribution in [0.2, 0.25) is 0 Å². The number of rotatable bonds is 1. The SMILES string of the molecule is Cc1ccc(-c2[nH]c(=O)nc3c2c(=O)n(C)c(=O)n3C)s1. The van der Waals surface area contributed by atoms with Crippen LogP contribution >= 0.6 is 11.3 Å². The molecule has 1 N–H and O–H groups in total. The van der Waals surface area contributed by atoms with Crippen LogP contribution in [0.1, 0.15) is 4.88 Å². The third kappa shape index (κ3) is 1.95. The van der Waals surface area contributed by atoms with Crippen LogP contribution in [0.5, 0.6) is 0 Å². The number of H-pyrrole nitrogens is 1. The maximum Gasteiger partial charge on any atom is 0.347 e. The topological polar surface area (TPSA) is 89.8 Å². The predicted octanol–water partition coefficient (Wildman–Crippen LogP) is 0.357. The Hall–Kier alpha value is -2.48. The van der Waals surface area contributed by atoms with E-state index in [1.807, 2.05) is 19.1 Å². The number of aromatic nitrogens is 4. The van der Waals surface area contributed by atoms with Crippen molar-refractivity contribution in [3.63, 3.8) is 0 Å². The fourth-order valence-corrected chi connectivity index (χ4v) is 3.10. The van der Waals surface area contributed by atoms with Gasteiger partial charge in [-0.1, -0.05) is 0 Å². The van der Waals surface area contributed by atoms with Gasteiger partial charge in [0.25, 0.3) is 5.56 Å². The van der Waals surface area contributed by atoms with Gasteiger partial charge in [0.2, 0.25) is 0 Å². The molecule has 0 saturated carbocycles. The molecule has 0 aliphatic heterocycles. The standard InChI is InChI=1S/C13H12N4O3S/c1-6-4-5-7(21-6)9-8-10(15-12(19)14-9)16(2)13(20)17(3)11(8)18/h4-5H,1-3H3,(H,14,15,19). The van der Waals surface area contributed by atoms with Gasteiger partial charge in [-0.25, -0.2) is 9.59 Å². The Morgan fingerprint density at radius 3 is 2.48 bits per heavy atom. The van der Waals surface area contributed by atoms with Crippen LogP contribution in [0.4, 0.5) is 0 Å². The third-order valence-electron chi connectivity index (χ3n) is 3.31. The van der Waals surface area contributed by atoms with Crippen LogP contribution in [0.25, 0.3) is 21.6 Å². The summed E-state index contributed by atoms with van der Waals surface area (Å²) >= 11 is 1.46. The van der Waals surface area contributed by atoms with Gasteiger partial charge >= 0.3 is 11.4 Å². The van der Waals surface area contributed by atoms with E-state index in [9.17, 15) is 14.4 Å². The summed E-state index contributed by atoms with van der Waals surface area (Å²) in [6, 6.07) is 3.73. The first-order chi connectivity index (χ1) is 9.90. The first-order valence-corrected chi connectivity index (χ1v) is 6.98. The van der Waals surface area contributed by atoms with Crippen LogP contribution in [0.3, 0.4) is 0 Å². The van der Waals surface area contributed by atoms with E-state index in [-0.39, 0.29) is 11.0 Å². The van der Waals surface area contributed by atoms with Gasteiger partial charge in [-0.2, -0.15) is 4.98 Å². The molecular formula is C13H12N4O3S. The van der Waals surface area contributed by atoms with Gasteiger partial charge in [-0.15, -0.1) is 11.3 Å². The zero-order valence-corrected chi connectivity index (χ0v) is 12.4.